The zero-order valence-electron chi connectivity index (χ0n) is 12.0. The molecule has 1 aliphatic rings. The van der Waals surface area contributed by atoms with Gasteiger partial charge in [0.2, 0.25) is 0 Å². The van der Waals surface area contributed by atoms with Crippen molar-refractivity contribution in [2.75, 3.05) is 0 Å². The molecule has 3 unspecified atom stereocenters. The van der Waals surface area contributed by atoms with Crippen molar-refractivity contribution in [3.63, 3.8) is 0 Å². The second-order valence-corrected chi connectivity index (χ2v) is 6.09. The van der Waals surface area contributed by atoms with Crippen LogP contribution in [0.15, 0.2) is 12.1 Å². The van der Waals surface area contributed by atoms with Gasteiger partial charge in [0.15, 0.2) is 11.6 Å². The minimum Gasteiger partial charge on any atom is -0.481 e. The average Bonchev–Trinajstić information content (AvgIpc) is 2.75. The van der Waals surface area contributed by atoms with Gasteiger partial charge in [0.25, 0.3) is 0 Å². The molecule has 7 heteroatoms. The summed E-state index contributed by atoms with van der Waals surface area (Å²) in [5, 5.41) is 9.22. The Morgan fingerprint density at radius 1 is 1.27 bits per heavy atom. The highest BCUT2D eigenvalue weighted by Crippen LogP contribution is 2.58. The lowest BCUT2D eigenvalue weighted by atomic mass is 9.84. The number of hydrogen-bond donors (Lipinski definition) is 1. The number of aliphatic carboxylic acids is 1. The van der Waals surface area contributed by atoms with Gasteiger partial charge in [-0.05, 0) is 42.9 Å². The summed E-state index contributed by atoms with van der Waals surface area (Å²) in [6, 6.07) is 2.00. The molecule has 1 saturated carbocycles. The third-order valence-corrected chi connectivity index (χ3v) is 4.61. The van der Waals surface area contributed by atoms with E-state index in [2.05, 4.69) is 0 Å². The lowest BCUT2D eigenvalue weighted by Crippen LogP contribution is -2.33. The maximum atomic E-state index is 13.7. The highest BCUT2D eigenvalue weighted by molar-refractivity contribution is 5.72. The zero-order chi connectivity index (χ0) is 16.9. The van der Waals surface area contributed by atoms with Gasteiger partial charge in [-0.1, -0.05) is 13.0 Å². The van der Waals surface area contributed by atoms with Crippen LogP contribution in [-0.4, -0.2) is 17.3 Å². The van der Waals surface area contributed by atoms with Crippen molar-refractivity contribution in [2.45, 2.75) is 38.8 Å². The number of carboxylic acids is 1. The number of alkyl halides is 3. The lowest BCUT2D eigenvalue weighted by Gasteiger charge is -2.27. The first kappa shape index (κ1) is 16.7. The standard InChI is InChI=1S/C15H15F5O2/c1-7-8(3-4-11(16)12(7)17)9-5-14(2,15(18,19)20)6-10(9)13(21)22/h3-4,9-10H,5-6H2,1-2H3,(H,21,22). The van der Waals surface area contributed by atoms with Gasteiger partial charge in [0, 0.05) is 0 Å². The van der Waals surface area contributed by atoms with Gasteiger partial charge >= 0.3 is 12.1 Å². The molecule has 22 heavy (non-hydrogen) atoms. The number of hydrogen-bond acceptors (Lipinski definition) is 1. The molecule has 0 saturated heterocycles. The summed E-state index contributed by atoms with van der Waals surface area (Å²) in [7, 11) is 0. The van der Waals surface area contributed by atoms with E-state index < -0.39 is 53.9 Å². The number of carbonyl (C=O) groups is 1. The molecule has 122 valence electrons. The molecule has 0 heterocycles. The van der Waals surface area contributed by atoms with Crippen LogP contribution >= 0.6 is 0 Å². The summed E-state index contributed by atoms with van der Waals surface area (Å²) in [6.07, 6.45) is -5.59. The van der Waals surface area contributed by atoms with Crippen LogP contribution in [0, 0.1) is 29.9 Å². The smallest absolute Gasteiger partial charge is 0.394 e. The molecule has 2 nitrogen and oxygen atoms in total. The van der Waals surface area contributed by atoms with Gasteiger partial charge in [0.1, 0.15) is 0 Å². The summed E-state index contributed by atoms with van der Waals surface area (Å²) < 4.78 is 66.4. The molecule has 1 aromatic carbocycles. The van der Waals surface area contributed by atoms with Crippen LogP contribution in [0.5, 0.6) is 0 Å². The number of rotatable bonds is 2. The molecule has 1 N–H and O–H groups in total. The lowest BCUT2D eigenvalue weighted by molar-refractivity contribution is -0.216. The van der Waals surface area contributed by atoms with E-state index in [4.69, 9.17) is 0 Å². The minimum atomic E-state index is -4.55. The third-order valence-electron chi connectivity index (χ3n) is 4.61. The number of benzene rings is 1. The maximum absolute atomic E-state index is 13.7. The Kier molecular flexibility index (Phi) is 3.96. The van der Waals surface area contributed by atoms with Gasteiger partial charge in [-0.2, -0.15) is 13.2 Å². The molecule has 0 amide bonds. The SMILES string of the molecule is Cc1c(C2CC(C)(C(F)(F)F)CC2C(=O)O)ccc(F)c1F. The molecule has 0 radical (unpaired) electrons. The Balaban J connectivity index is 2.50. The van der Waals surface area contributed by atoms with E-state index in [1.54, 1.807) is 0 Å². The maximum Gasteiger partial charge on any atom is 0.394 e. The van der Waals surface area contributed by atoms with E-state index in [-0.39, 0.29) is 11.1 Å². The van der Waals surface area contributed by atoms with Crippen molar-refractivity contribution in [1.29, 1.82) is 0 Å². The normalized spacial score (nSPS) is 28.9. The Labute approximate surface area is 123 Å². The van der Waals surface area contributed by atoms with Crippen LogP contribution < -0.4 is 0 Å². The topological polar surface area (TPSA) is 37.3 Å². The molecule has 3 atom stereocenters. The minimum absolute atomic E-state index is 0.124. The highest BCUT2D eigenvalue weighted by Gasteiger charge is 2.59. The van der Waals surface area contributed by atoms with Crippen molar-refractivity contribution >= 4 is 5.97 Å². The predicted octanol–water partition coefficient (Wildman–Crippen LogP) is 4.42. The fourth-order valence-electron chi connectivity index (χ4n) is 3.22. The molecule has 0 aliphatic heterocycles. The average molecular weight is 322 g/mol. The molecule has 0 spiro atoms. The van der Waals surface area contributed by atoms with Crippen LogP contribution in [0.25, 0.3) is 0 Å². The van der Waals surface area contributed by atoms with E-state index in [1.165, 1.54) is 13.0 Å². The predicted molar refractivity (Wildman–Crippen MR) is 68.4 cm³/mol. The Hall–Kier alpha value is -1.66. The van der Waals surface area contributed by atoms with Gasteiger partial charge in [0.05, 0.1) is 11.3 Å². The van der Waals surface area contributed by atoms with E-state index in [0.29, 0.717) is 0 Å². The van der Waals surface area contributed by atoms with Crippen LogP contribution in [0.4, 0.5) is 22.0 Å². The number of carboxylic acid groups (broad SMARTS) is 1. The van der Waals surface area contributed by atoms with E-state index in [0.717, 1.165) is 13.0 Å². The summed E-state index contributed by atoms with van der Waals surface area (Å²) in [6.45, 7) is 2.22. The van der Waals surface area contributed by atoms with E-state index >= 15 is 0 Å². The highest BCUT2D eigenvalue weighted by atomic mass is 19.4. The molecule has 0 aromatic heterocycles. The second-order valence-electron chi connectivity index (χ2n) is 6.09. The van der Waals surface area contributed by atoms with Gasteiger partial charge in [-0.15, -0.1) is 0 Å². The van der Waals surface area contributed by atoms with Crippen LogP contribution in [0.3, 0.4) is 0 Å². The molecule has 1 fully saturated rings. The summed E-state index contributed by atoms with van der Waals surface area (Å²) in [5.41, 5.74) is -2.17. The fourth-order valence-corrected chi connectivity index (χ4v) is 3.22. The Morgan fingerprint density at radius 3 is 2.36 bits per heavy atom. The summed E-state index contributed by atoms with van der Waals surface area (Å²) >= 11 is 0. The molecule has 1 aromatic rings. The van der Waals surface area contributed by atoms with E-state index in [9.17, 15) is 31.9 Å². The van der Waals surface area contributed by atoms with Gasteiger partial charge < -0.3 is 5.11 Å². The van der Waals surface area contributed by atoms with Crippen molar-refractivity contribution in [3.05, 3.63) is 34.9 Å². The van der Waals surface area contributed by atoms with Crippen LogP contribution in [0.1, 0.15) is 36.8 Å². The third kappa shape index (κ3) is 2.57. The first-order valence-electron chi connectivity index (χ1n) is 6.72. The molecule has 2 rings (SSSR count). The molecular weight excluding hydrogens is 307 g/mol. The summed E-state index contributed by atoms with van der Waals surface area (Å²) in [5.74, 6) is -5.90. The Morgan fingerprint density at radius 2 is 1.86 bits per heavy atom. The molecule has 0 bridgehead atoms. The van der Waals surface area contributed by atoms with Gasteiger partial charge in [-0.3, -0.25) is 4.79 Å². The second kappa shape index (κ2) is 5.21. The van der Waals surface area contributed by atoms with Crippen LogP contribution in [0.2, 0.25) is 0 Å². The largest absolute Gasteiger partial charge is 0.481 e. The Bertz CT molecular complexity index is 611. The monoisotopic (exact) mass is 322 g/mol. The van der Waals surface area contributed by atoms with Gasteiger partial charge in [-0.25, -0.2) is 8.78 Å². The number of halogens is 5. The fraction of sp³-hybridized carbons (Fsp3) is 0.533. The van der Waals surface area contributed by atoms with Crippen LogP contribution in [-0.2, 0) is 4.79 Å². The first-order chi connectivity index (χ1) is 9.98. The quantitative estimate of drug-likeness (QED) is 0.818. The first-order valence-corrected chi connectivity index (χ1v) is 6.72. The van der Waals surface area contributed by atoms with Crippen molar-refractivity contribution in [2.24, 2.45) is 11.3 Å². The molecule has 1 aliphatic carbocycles. The molecular formula is C15H15F5O2. The zero-order valence-corrected chi connectivity index (χ0v) is 12.0. The summed E-state index contributed by atoms with van der Waals surface area (Å²) in [4.78, 5) is 11.3. The van der Waals surface area contributed by atoms with Crippen molar-refractivity contribution < 1.29 is 31.9 Å². The van der Waals surface area contributed by atoms with E-state index in [1.807, 2.05) is 0 Å². The van der Waals surface area contributed by atoms with Crippen molar-refractivity contribution in [3.8, 4) is 0 Å². The van der Waals surface area contributed by atoms with Crippen molar-refractivity contribution in [1.82, 2.24) is 0 Å².